The van der Waals surface area contributed by atoms with E-state index < -0.39 is 0 Å². The van der Waals surface area contributed by atoms with Gasteiger partial charge in [0.1, 0.15) is 0 Å². The van der Waals surface area contributed by atoms with Crippen LogP contribution in [-0.2, 0) is 0 Å². The minimum absolute atomic E-state index is 0.00731. The van der Waals surface area contributed by atoms with Gasteiger partial charge in [0.2, 0.25) is 0 Å². The van der Waals surface area contributed by atoms with E-state index in [1.807, 2.05) is 30.3 Å². The Hall–Kier alpha value is -2.35. The number of allylic oxidation sites excluding steroid dienone is 1. The van der Waals surface area contributed by atoms with Gasteiger partial charge >= 0.3 is 0 Å². The van der Waals surface area contributed by atoms with E-state index in [0.717, 1.165) is 12.0 Å². The SMILES string of the molecule is C[C@@H]1C=Cc2ccccc2[C@H]1CCNC(=O)c1ccccc1. The third-order valence-corrected chi connectivity index (χ3v) is 4.39. The normalized spacial score (nSPS) is 19.5. The topological polar surface area (TPSA) is 29.1 Å². The van der Waals surface area contributed by atoms with Crippen molar-refractivity contribution >= 4 is 12.0 Å². The highest BCUT2D eigenvalue weighted by Crippen LogP contribution is 2.35. The molecule has 112 valence electrons. The van der Waals surface area contributed by atoms with Crippen LogP contribution in [0.15, 0.2) is 60.7 Å². The number of fused-ring (bicyclic) bond motifs is 1. The second-order valence-corrected chi connectivity index (χ2v) is 5.86. The molecule has 0 bridgehead atoms. The largest absolute Gasteiger partial charge is 0.352 e. The minimum Gasteiger partial charge on any atom is -0.352 e. The Morgan fingerprint density at radius 3 is 2.59 bits per heavy atom. The molecule has 0 unspecified atom stereocenters. The molecule has 22 heavy (non-hydrogen) atoms. The molecule has 3 rings (SSSR count). The fourth-order valence-corrected chi connectivity index (χ4v) is 3.12. The van der Waals surface area contributed by atoms with Crippen molar-refractivity contribution in [1.82, 2.24) is 5.32 Å². The fourth-order valence-electron chi connectivity index (χ4n) is 3.12. The Balaban J connectivity index is 1.62. The molecule has 2 heteroatoms. The van der Waals surface area contributed by atoms with E-state index in [1.165, 1.54) is 11.1 Å². The van der Waals surface area contributed by atoms with E-state index in [4.69, 9.17) is 0 Å². The average Bonchev–Trinajstić information content (AvgIpc) is 2.57. The molecule has 0 saturated heterocycles. The minimum atomic E-state index is 0.00731. The summed E-state index contributed by atoms with van der Waals surface area (Å²) >= 11 is 0. The zero-order chi connectivity index (χ0) is 15.4. The van der Waals surface area contributed by atoms with Gasteiger partial charge in [-0.3, -0.25) is 4.79 Å². The van der Waals surface area contributed by atoms with Gasteiger partial charge in [0.25, 0.3) is 5.91 Å². The first-order valence-electron chi connectivity index (χ1n) is 7.86. The van der Waals surface area contributed by atoms with Crippen LogP contribution >= 0.6 is 0 Å². The summed E-state index contributed by atoms with van der Waals surface area (Å²) in [5.74, 6) is 0.980. The first-order valence-corrected chi connectivity index (χ1v) is 7.86. The Labute approximate surface area is 131 Å². The van der Waals surface area contributed by atoms with Gasteiger partial charge in [-0.25, -0.2) is 0 Å². The molecule has 0 aliphatic heterocycles. The number of hydrogen-bond acceptors (Lipinski definition) is 1. The summed E-state index contributed by atoms with van der Waals surface area (Å²) in [6.07, 6.45) is 5.44. The second kappa shape index (κ2) is 6.61. The Kier molecular flexibility index (Phi) is 4.38. The third-order valence-electron chi connectivity index (χ3n) is 4.39. The fraction of sp³-hybridized carbons (Fsp3) is 0.250. The van der Waals surface area contributed by atoms with Gasteiger partial charge < -0.3 is 5.32 Å². The smallest absolute Gasteiger partial charge is 0.251 e. The quantitative estimate of drug-likeness (QED) is 0.896. The number of benzene rings is 2. The lowest BCUT2D eigenvalue weighted by Gasteiger charge is -2.27. The highest BCUT2D eigenvalue weighted by molar-refractivity contribution is 5.94. The van der Waals surface area contributed by atoms with E-state index in [0.29, 0.717) is 18.4 Å². The van der Waals surface area contributed by atoms with Crippen LogP contribution in [0.4, 0.5) is 0 Å². The van der Waals surface area contributed by atoms with Crippen LogP contribution < -0.4 is 5.32 Å². The van der Waals surface area contributed by atoms with Gasteiger partial charge in [-0.15, -0.1) is 0 Å². The Morgan fingerprint density at radius 1 is 1.05 bits per heavy atom. The van der Waals surface area contributed by atoms with Gasteiger partial charge in [-0.05, 0) is 41.5 Å². The molecular formula is C20H21NO. The predicted molar refractivity (Wildman–Crippen MR) is 90.8 cm³/mol. The summed E-state index contributed by atoms with van der Waals surface area (Å²) in [6, 6.07) is 17.9. The zero-order valence-electron chi connectivity index (χ0n) is 12.8. The molecule has 1 aliphatic carbocycles. The van der Waals surface area contributed by atoms with Gasteiger partial charge in [0, 0.05) is 12.1 Å². The summed E-state index contributed by atoms with van der Waals surface area (Å²) in [5.41, 5.74) is 3.42. The molecule has 1 N–H and O–H groups in total. The number of rotatable bonds is 4. The first kappa shape index (κ1) is 14.6. The van der Waals surface area contributed by atoms with Gasteiger partial charge in [0.05, 0.1) is 0 Å². The van der Waals surface area contributed by atoms with E-state index in [9.17, 15) is 4.79 Å². The molecule has 2 nitrogen and oxygen atoms in total. The van der Waals surface area contributed by atoms with Crippen LogP contribution in [-0.4, -0.2) is 12.5 Å². The molecule has 1 aliphatic rings. The molecule has 0 radical (unpaired) electrons. The highest BCUT2D eigenvalue weighted by Gasteiger charge is 2.22. The molecule has 1 amide bonds. The van der Waals surface area contributed by atoms with Crippen LogP contribution in [0, 0.1) is 5.92 Å². The van der Waals surface area contributed by atoms with Gasteiger partial charge in [-0.2, -0.15) is 0 Å². The van der Waals surface area contributed by atoms with Crippen LogP contribution in [0.25, 0.3) is 6.08 Å². The lowest BCUT2D eigenvalue weighted by molar-refractivity contribution is 0.0952. The zero-order valence-corrected chi connectivity index (χ0v) is 12.8. The van der Waals surface area contributed by atoms with E-state index in [2.05, 4.69) is 48.7 Å². The van der Waals surface area contributed by atoms with E-state index in [1.54, 1.807) is 0 Å². The molecule has 0 heterocycles. The molecule has 0 fully saturated rings. The Morgan fingerprint density at radius 2 is 1.77 bits per heavy atom. The van der Waals surface area contributed by atoms with Gasteiger partial charge in [0.15, 0.2) is 0 Å². The van der Waals surface area contributed by atoms with Crippen molar-refractivity contribution in [1.29, 1.82) is 0 Å². The Bertz CT molecular complexity index is 675. The van der Waals surface area contributed by atoms with Crippen molar-refractivity contribution in [2.45, 2.75) is 19.3 Å². The average molecular weight is 291 g/mol. The summed E-state index contributed by atoms with van der Waals surface area (Å²) in [6.45, 7) is 2.95. The number of nitrogens with one attached hydrogen (secondary N) is 1. The summed E-state index contributed by atoms with van der Waals surface area (Å²) in [7, 11) is 0. The maximum absolute atomic E-state index is 12.1. The summed E-state index contributed by atoms with van der Waals surface area (Å²) in [5, 5.41) is 3.03. The second-order valence-electron chi connectivity index (χ2n) is 5.86. The molecule has 0 saturated carbocycles. The molecule has 2 aromatic rings. The first-order chi connectivity index (χ1) is 10.8. The van der Waals surface area contributed by atoms with E-state index >= 15 is 0 Å². The van der Waals surface area contributed by atoms with E-state index in [-0.39, 0.29) is 5.91 Å². The number of carbonyl (C=O) groups is 1. The number of amides is 1. The maximum Gasteiger partial charge on any atom is 0.251 e. The highest BCUT2D eigenvalue weighted by atomic mass is 16.1. The molecule has 0 spiro atoms. The molecule has 0 aromatic heterocycles. The molecule has 2 atom stereocenters. The van der Waals surface area contributed by atoms with Crippen molar-refractivity contribution in [2.75, 3.05) is 6.54 Å². The van der Waals surface area contributed by atoms with Crippen LogP contribution in [0.1, 0.15) is 40.7 Å². The van der Waals surface area contributed by atoms with Crippen LogP contribution in [0.3, 0.4) is 0 Å². The number of hydrogen-bond donors (Lipinski definition) is 1. The van der Waals surface area contributed by atoms with Crippen molar-refractivity contribution in [2.24, 2.45) is 5.92 Å². The van der Waals surface area contributed by atoms with Crippen LogP contribution in [0.5, 0.6) is 0 Å². The predicted octanol–water partition coefficient (Wildman–Crippen LogP) is 4.25. The maximum atomic E-state index is 12.1. The van der Waals surface area contributed by atoms with Crippen molar-refractivity contribution < 1.29 is 4.79 Å². The lowest BCUT2D eigenvalue weighted by atomic mass is 9.78. The monoisotopic (exact) mass is 291 g/mol. The van der Waals surface area contributed by atoms with Crippen LogP contribution in [0.2, 0.25) is 0 Å². The molecular weight excluding hydrogens is 270 g/mol. The summed E-state index contributed by atoms with van der Waals surface area (Å²) < 4.78 is 0. The van der Waals surface area contributed by atoms with Crippen molar-refractivity contribution in [3.63, 3.8) is 0 Å². The number of carbonyl (C=O) groups excluding carboxylic acids is 1. The third kappa shape index (κ3) is 3.11. The summed E-state index contributed by atoms with van der Waals surface area (Å²) in [4.78, 5) is 12.1. The van der Waals surface area contributed by atoms with Crippen molar-refractivity contribution in [3.05, 3.63) is 77.4 Å². The molecule has 2 aromatic carbocycles. The standard InChI is InChI=1S/C20H21NO/c1-15-11-12-16-7-5-6-10-19(16)18(15)13-14-21-20(22)17-8-3-2-4-9-17/h2-12,15,18H,13-14H2,1H3,(H,21,22)/t15-,18+/m1/s1. The lowest BCUT2D eigenvalue weighted by Crippen LogP contribution is -2.27. The van der Waals surface area contributed by atoms with Gasteiger partial charge in [-0.1, -0.05) is 61.5 Å². The van der Waals surface area contributed by atoms with Crippen molar-refractivity contribution in [3.8, 4) is 0 Å².